The van der Waals surface area contributed by atoms with E-state index in [0.717, 1.165) is 27.9 Å². The number of nitrogens with zero attached hydrogens (tertiary/aromatic N) is 3. The summed E-state index contributed by atoms with van der Waals surface area (Å²) in [4.78, 5) is 4.98. The first-order valence-corrected chi connectivity index (χ1v) is 13.6. The van der Waals surface area contributed by atoms with Crippen LogP contribution in [0.5, 0.6) is 0 Å². The van der Waals surface area contributed by atoms with Crippen LogP contribution in [0, 0.1) is 0 Å². The Bertz CT molecular complexity index is 2430. The molecule has 0 saturated carbocycles. The van der Waals surface area contributed by atoms with E-state index in [1.54, 1.807) is 0 Å². The molecule has 0 atom stereocenters. The molecule has 40 heavy (non-hydrogen) atoms. The number of rotatable bonds is 2. The molecule has 6 aromatic carbocycles. The third kappa shape index (κ3) is 2.92. The van der Waals surface area contributed by atoms with E-state index < -0.39 is 0 Å². The number of pyridine rings is 1. The van der Waals surface area contributed by atoms with Crippen LogP contribution in [0.1, 0.15) is 0 Å². The van der Waals surface area contributed by atoms with Gasteiger partial charge in [0.15, 0.2) is 0 Å². The van der Waals surface area contributed by atoms with Gasteiger partial charge in [-0.25, -0.2) is 0 Å². The van der Waals surface area contributed by atoms with E-state index in [2.05, 4.69) is 137 Å². The van der Waals surface area contributed by atoms with Gasteiger partial charge >= 0.3 is 0 Å². The smallest absolute Gasteiger partial charge is 0.0984 e. The highest BCUT2D eigenvalue weighted by atomic mass is 15.0. The molecular formula is C37H23N3. The molecule has 3 nitrogen and oxygen atoms in total. The van der Waals surface area contributed by atoms with Crippen LogP contribution < -0.4 is 0 Å². The second-order valence-electron chi connectivity index (χ2n) is 10.5. The van der Waals surface area contributed by atoms with Gasteiger partial charge in [0, 0.05) is 28.3 Å². The molecule has 186 valence electrons. The van der Waals surface area contributed by atoms with Gasteiger partial charge in [0.2, 0.25) is 0 Å². The van der Waals surface area contributed by atoms with Gasteiger partial charge in [0.25, 0.3) is 0 Å². The quantitative estimate of drug-likeness (QED) is 0.213. The van der Waals surface area contributed by atoms with E-state index in [1.807, 2.05) is 12.3 Å². The summed E-state index contributed by atoms with van der Waals surface area (Å²) in [5, 5.41) is 8.65. The Morgan fingerprint density at radius 2 is 1.15 bits per heavy atom. The molecule has 0 radical (unpaired) electrons. The largest absolute Gasteiger partial charge is 0.308 e. The fraction of sp³-hybridized carbons (Fsp3) is 0. The van der Waals surface area contributed by atoms with E-state index in [4.69, 9.17) is 4.98 Å². The predicted molar refractivity (Wildman–Crippen MR) is 168 cm³/mol. The maximum Gasteiger partial charge on any atom is 0.0984 e. The van der Waals surface area contributed by atoms with Crippen molar-refractivity contribution in [2.45, 2.75) is 0 Å². The molecule has 3 aromatic heterocycles. The number of hydrogen-bond donors (Lipinski definition) is 0. The van der Waals surface area contributed by atoms with Crippen LogP contribution in [-0.4, -0.2) is 14.1 Å². The zero-order valence-electron chi connectivity index (χ0n) is 21.6. The Hall–Kier alpha value is -5.41. The fourth-order valence-corrected chi connectivity index (χ4v) is 6.56. The van der Waals surface area contributed by atoms with Gasteiger partial charge in [0.05, 0.1) is 33.0 Å². The van der Waals surface area contributed by atoms with E-state index in [-0.39, 0.29) is 0 Å². The highest BCUT2D eigenvalue weighted by Crippen LogP contribution is 2.41. The fourth-order valence-electron chi connectivity index (χ4n) is 6.56. The second kappa shape index (κ2) is 8.05. The number of para-hydroxylation sites is 2. The normalized spacial score (nSPS) is 12.0. The molecule has 0 spiro atoms. The lowest BCUT2D eigenvalue weighted by molar-refractivity contribution is 1.18. The zero-order chi connectivity index (χ0) is 26.2. The molecule has 3 heteroatoms. The van der Waals surface area contributed by atoms with E-state index in [9.17, 15) is 0 Å². The minimum atomic E-state index is 1.02. The van der Waals surface area contributed by atoms with Crippen molar-refractivity contribution in [3.63, 3.8) is 0 Å². The maximum absolute atomic E-state index is 4.98. The molecular weight excluding hydrogens is 486 g/mol. The molecule has 0 aliphatic heterocycles. The number of hydrogen-bond acceptors (Lipinski definition) is 1. The number of benzene rings is 6. The molecule has 3 heterocycles. The topological polar surface area (TPSA) is 22.8 Å². The summed E-state index contributed by atoms with van der Waals surface area (Å²) in [7, 11) is 0. The van der Waals surface area contributed by atoms with Crippen LogP contribution in [0.15, 0.2) is 140 Å². The number of aromatic nitrogens is 3. The van der Waals surface area contributed by atoms with Crippen LogP contribution in [0.4, 0.5) is 0 Å². The molecule has 9 rings (SSSR count). The second-order valence-corrected chi connectivity index (χ2v) is 10.5. The average molecular weight is 510 g/mol. The molecule has 0 aliphatic carbocycles. The van der Waals surface area contributed by atoms with Crippen LogP contribution in [0.3, 0.4) is 0 Å². The van der Waals surface area contributed by atoms with Crippen LogP contribution >= 0.6 is 0 Å². The predicted octanol–water partition coefficient (Wildman–Crippen LogP) is 9.58. The molecule has 0 bridgehead atoms. The van der Waals surface area contributed by atoms with Crippen molar-refractivity contribution >= 4 is 65.3 Å². The summed E-state index contributed by atoms with van der Waals surface area (Å²) in [5.41, 5.74) is 7.95. The summed E-state index contributed by atoms with van der Waals surface area (Å²) < 4.78 is 4.77. The minimum Gasteiger partial charge on any atom is -0.308 e. The first-order valence-electron chi connectivity index (χ1n) is 13.6. The van der Waals surface area contributed by atoms with Crippen molar-refractivity contribution in [2.24, 2.45) is 0 Å². The third-order valence-corrected chi connectivity index (χ3v) is 8.28. The lowest BCUT2D eigenvalue weighted by atomic mass is 10.0. The minimum absolute atomic E-state index is 1.02. The first kappa shape index (κ1) is 21.5. The average Bonchev–Trinajstić information content (AvgIpc) is 3.53. The van der Waals surface area contributed by atoms with Gasteiger partial charge in [-0.1, -0.05) is 72.8 Å². The standard InChI is InChI=1S/C37H23N3/c1-2-11-28(12-3-1)40-32-14-7-6-13-30(32)31-18-19-33-35(37(31)40)36-34(15-8-20-38-36)39(33)29-17-16-26-21-24-9-4-5-10-25(24)22-27(26)23-29/h1-23H. The summed E-state index contributed by atoms with van der Waals surface area (Å²) in [6, 6.07) is 48.1. The van der Waals surface area contributed by atoms with Crippen molar-refractivity contribution in [1.29, 1.82) is 0 Å². The Morgan fingerprint density at radius 1 is 0.425 bits per heavy atom. The van der Waals surface area contributed by atoms with E-state index in [0.29, 0.717) is 0 Å². The molecule has 9 aromatic rings. The van der Waals surface area contributed by atoms with Gasteiger partial charge < -0.3 is 9.13 Å². The van der Waals surface area contributed by atoms with Gasteiger partial charge in [-0.15, -0.1) is 0 Å². The monoisotopic (exact) mass is 509 g/mol. The third-order valence-electron chi connectivity index (χ3n) is 8.28. The van der Waals surface area contributed by atoms with Gasteiger partial charge in [-0.05, 0) is 82.2 Å². The Morgan fingerprint density at radius 3 is 2.02 bits per heavy atom. The highest BCUT2D eigenvalue weighted by molar-refractivity contribution is 6.25. The molecule has 0 fully saturated rings. The van der Waals surface area contributed by atoms with E-state index >= 15 is 0 Å². The summed E-state index contributed by atoms with van der Waals surface area (Å²) in [6.45, 7) is 0. The van der Waals surface area contributed by atoms with Gasteiger partial charge in [0.1, 0.15) is 0 Å². The first-order chi connectivity index (χ1) is 19.8. The SMILES string of the molecule is c1ccc(-n2c3ccccc3c3ccc4c(c5ncccc5n4-c4ccc5cc6ccccc6cc5c4)c32)cc1. The van der Waals surface area contributed by atoms with Gasteiger partial charge in [-0.3, -0.25) is 4.98 Å². The van der Waals surface area contributed by atoms with Crippen molar-refractivity contribution < 1.29 is 0 Å². The van der Waals surface area contributed by atoms with Crippen LogP contribution in [0.25, 0.3) is 76.7 Å². The zero-order valence-corrected chi connectivity index (χ0v) is 21.6. The molecule has 0 amide bonds. The lowest BCUT2D eigenvalue weighted by Crippen LogP contribution is -1.95. The van der Waals surface area contributed by atoms with Crippen molar-refractivity contribution in [1.82, 2.24) is 14.1 Å². The van der Waals surface area contributed by atoms with Crippen molar-refractivity contribution in [3.8, 4) is 11.4 Å². The van der Waals surface area contributed by atoms with Gasteiger partial charge in [-0.2, -0.15) is 0 Å². The molecule has 0 unspecified atom stereocenters. The summed E-state index contributed by atoms with van der Waals surface area (Å²) >= 11 is 0. The Labute approximate surface area is 230 Å². The maximum atomic E-state index is 4.98. The Kier molecular flexibility index (Phi) is 4.33. The molecule has 0 N–H and O–H groups in total. The summed E-state index contributed by atoms with van der Waals surface area (Å²) in [5.74, 6) is 0. The molecule has 0 aliphatic rings. The van der Waals surface area contributed by atoms with E-state index in [1.165, 1.54) is 48.7 Å². The Balaban J connectivity index is 1.44. The van der Waals surface area contributed by atoms with Crippen LogP contribution in [0.2, 0.25) is 0 Å². The van der Waals surface area contributed by atoms with Crippen molar-refractivity contribution in [3.05, 3.63) is 140 Å². The number of fused-ring (bicyclic) bond motifs is 9. The highest BCUT2D eigenvalue weighted by Gasteiger charge is 2.21. The summed E-state index contributed by atoms with van der Waals surface area (Å²) in [6.07, 6.45) is 1.91. The van der Waals surface area contributed by atoms with Crippen molar-refractivity contribution in [2.75, 3.05) is 0 Å². The molecule has 0 saturated heterocycles. The van der Waals surface area contributed by atoms with Crippen LogP contribution in [-0.2, 0) is 0 Å². The lowest BCUT2D eigenvalue weighted by Gasteiger charge is -2.11.